The number of carbonyl (C=O) groups excluding carboxylic acids is 1. The topological polar surface area (TPSA) is 38.8 Å². The van der Waals surface area contributed by atoms with Gasteiger partial charge in [0.15, 0.2) is 0 Å². The molecular formula is C17H13F2I2NO3. The monoisotopic (exact) mass is 571 g/mol. The van der Waals surface area contributed by atoms with Crippen molar-refractivity contribution in [3.63, 3.8) is 0 Å². The van der Waals surface area contributed by atoms with E-state index in [1.54, 1.807) is 24.1 Å². The minimum atomic E-state index is -3.25. The molecule has 3 rings (SSSR count). The van der Waals surface area contributed by atoms with Crippen LogP contribution in [0, 0.1) is 3.57 Å². The molecule has 8 heteroatoms. The van der Waals surface area contributed by atoms with Crippen LogP contribution in [0.4, 0.5) is 8.78 Å². The van der Waals surface area contributed by atoms with Crippen molar-refractivity contribution < 1.29 is 23.0 Å². The number of alkyl halides is 3. The smallest absolute Gasteiger partial charge is 0.451 e. The van der Waals surface area contributed by atoms with Crippen LogP contribution in [-0.4, -0.2) is 22.0 Å². The third kappa shape index (κ3) is 4.33. The van der Waals surface area contributed by atoms with Crippen LogP contribution in [0.2, 0.25) is 0 Å². The maximum absolute atomic E-state index is 12.8. The molecule has 1 heterocycles. The van der Waals surface area contributed by atoms with Crippen molar-refractivity contribution in [2.75, 3.05) is 7.11 Å². The Morgan fingerprint density at radius 1 is 1.20 bits per heavy atom. The quantitative estimate of drug-likeness (QED) is 0.382. The minimum Gasteiger partial charge on any atom is -0.497 e. The molecule has 0 bridgehead atoms. The molecule has 132 valence electrons. The summed E-state index contributed by atoms with van der Waals surface area (Å²) in [5, 5.41) is 0. The van der Waals surface area contributed by atoms with E-state index in [-0.39, 0.29) is 11.7 Å². The number of hydrogen-bond donors (Lipinski definition) is 0. The summed E-state index contributed by atoms with van der Waals surface area (Å²) in [4.78, 5) is 14.3. The maximum Gasteiger partial charge on any atom is 0.451 e. The highest BCUT2D eigenvalue weighted by Crippen LogP contribution is 2.32. The number of methoxy groups -OCH3 is 1. The van der Waals surface area contributed by atoms with Crippen LogP contribution in [-0.2, 0) is 13.1 Å². The van der Waals surface area contributed by atoms with Crippen LogP contribution in [0.1, 0.15) is 21.5 Å². The number of benzene rings is 2. The lowest BCUT2D eigenvalue weighted by molar-refractivity contribution is -0.0691. The zero-order valence-corrected chi connectivity index (χ0v) is 17.4. The predicted molar refractivity (Wildman–Crippen MR) is 105 cm³/mol. The van der Waals surface area contributed by atoms with Gasteiger partial charge in [-0.2, -0.15) is 8.78 Å². The fourth-order valence-electron chi connectivity index (χ4n) is 2.70. The van der Waals surface area contributed by atoms with Gasteiger partial charge < -0.3 is 14.4 Å². The number of nitrogens with zero attached hydrogens (tertiary/aromatic N) is 1. The molecule has 1 amide bonds. The number of hydrogen-bond acceptors (Lipinski definition) is 3. The molecule has 25 heavy (non-hydrogen) atoms. The summed E-state index contributed by atoms with van der Waals surface area (Å²) in [5.74, 6) is 0.763. The first kappa shape index (κ1) is 18.6. The van der Waals surface area contributed by atoms with E-state index in [1.807, 2.05) is 12.1 Å². The molecule has 0 saturated carbocycles. The fourth-order valence-corrected chi connectivity index (χ4v) is 3.84. The van der Waals surface area contributed by atoms with Crippen molar-refractivity contribution in [1.82, 2.24) is 4.90 Å². The van der Waals surface area contributed by atoms with Gasteiger partial charge in [0.05, 0.1) is 35.3 Å². The average Bonchev–Trinajstić information content (AvgIpc) is 2.84. The van der Waals surface area contributed by atoms with E-state index in [0.717, 1.165) is 43.0 Å². The predicted octanol–water partition coefficient (Wildman–Crippen LogP) is 4.82. The standard InChI is InChI=1S/C17H13F2I2NO3/c1-24-13-6-11-9-22(16(23)15(11)14(20)7-13)8-10-2-4-12(5-3-10)25-17(18,19)21/h2-7H,8-9H2,1H3. The number of carbonyl (C=O) groups is 1. The molecule has 0 radical (unpaired) electrons. The Kier molecular flexibility index (Phi) is 5.37. The lowest BCUT2D eigenvalue weighted by Crippen LogP contribution is -2.23. The van der Waals surface area contributed by atoms with Gasteiger partial charge in [-0.3, -0.25) is 4.79 Å². The Morgan fingerprint density at radius 3 is 2.48 bits per heavy atom. The van der Waals surface area contributed by atoms with E-state index < -0.39 is 4.12 Å². The molecule has 0 atom stereocenters. The first-order valence-electron chi connectivity index (χ1n) is 7.27. The minimum absolute atomic E-state index is 0.0406. The molecular weight excluding hydrogens is 558 g/mol. The normalized spacial score (nSPS) is 13.8. The highest BCUT2D eigenvalue weighted by Gasteiger charge is 2.30. The van der Waals surface area contributed by atoms with Crippen molar-refractivity contribution in [2.45, 2.75) is 17.2 Å². The Labute approximate surface area is 170 Å². The first-order chi connectivity index (χ1) is 11.8. The second kappa shape index (κ2) is 7.22. The molecule has 0 spiro atoms. The van der Waals surface area contributed by atoms with E-state index in [0.29, 0.717) is 18.7 Å². The number of ether oxygens (including phenoxy) is 2. The molecule has 0 saturated heterocycles. The van der Waals surface area contributed by atoms with Gasteiger partial charge in [0.2, 0.25) is 0 Å². The van der Waals surface area contributed by atoms with Gasteiger partial charge in [-0.15, -0.1) is 0 Å². The van der Waals surface area contributed by atoms with E-state index >= 15 is 0 Å². The summed E-state index contributed by atoms with van der Waals surface area (Å²) in [7, 11) is 1.59. The number of amides is 1. The average molecular weight is 571 g/mol. The Morgan fingerprint density at radius 2 is 1.88 bits per heavy atom. The summed E-state index contributed by atoms with van der Waals surface area (Å²) >= 11 is 3.05. The van der Waals surface area contributed by atoms with Gasteiger partial charge in [0.25, 0.3) is 5.91 Å². The van der Waals surface area contributed by atoms with Crippen molar-refractivity contribution >= 4 is 51.1 Å². The second-order valence-electron chi connectivity index (χ2n) is 5.50. The summed E-state index contributed by atoms with van der Waals surface area (Å²) in [6, 6.07) is 10.0. The maximum atomic E-state index is 12.8. The number of halogens is 4. The Bertz CT molecular complexity index is 807. The third-order valence-corrected chi connectivity index (χ3v) is 4.84. The van der Waals surface area contributed by atoms with Gasteiger partial charge in [-0.1, -0.05) is 12.1 Å². The molecule has 0 N–H and O–H groups in total. The summed E-state index contributed by atoms with van der Waals surface area (Å²) < 4.78 is 33.0. The molecule has 2 aromatic rings. The lowest BCUT2D eigenvalue weighted by Gasteiger charge is -2.16. The van der Waals surface area contributed by atoms with Crippen LogP contribution in [0.3, 0.4) is 0 Å². The van der Waals surface area contributed by atoms with Gasteiger partial charge in [0, 0.05) is 16.7 Å². The van der Waals surface area contributed by atoms with Crippen molar-refractivity contribution in [2.24, 2.45) is 0 Å². The zero-order valence-electron chi connectivity index (χ0n) is 13.1. The van der Waals surface area contributed by atoms with Gasteiger partial charge in [-0.25, -0.2) is 0 Å². The van der Waals surface area contributed by atoms with Crippen LogP contribution >= 0.6 is 45.2 Å². The van der Waals surface area contributed by atoms with E-state index in [1.165, 1.54) is 12.1 Å². The highest BCUT2D eigenvalue weighted by molar-refractivity contribution is 14.1. The van der Waals surface area contributed by atoms with Gasteiger partial charge in [-0.05, 0) is 58.0 Å². The molecule has 1 aliphatic heterocycles. The van der Waals surface area contributed by atoms with Gasteiger partial charge in [0.1, 0.15) is 11.5 Å². The van der Waals surface area contributed by atoms with Crippen LogP contribution in [0.5, 0.6) is 11.5 Å². The lowest BCUT2D eigenvalue weighted by atomic mass is 10.1. The SMILES string of the molecule is COc1cc(I)c2c(c1)CN(Cc1ccc(OC(F)(F)I)cc1)C2=O. The van der Waals surface area contributed by atoms with E-state index in [4.69, 9.17) is 4.74 Å². The molecule has 1 aliphatic rings. The van der Waals surface area contributed by atoms with Crippen LogP contribution in [0.15, 0.2) is 36.4 Å². The molecule has 0 unspecified atom stereocenters. The molecule has 0 fully saturated rings. The van der Waals surface area contributed by atoms with Crippen LogP contribution < -0.4 is 9.47 Å². The van der Waals surface area contributed by atoms with Gasteiger partial charge >= 0.3 is 4.12 Å². The number of fused-ring (bicyclic) bond motifs is 1. The zero-order chi connectivity index (χ0) is 18.2. The second-order valence-corrected chi connectivity index (χ2v) is 7.91. The fraction of sp³-hybridized carbons (Fsp3) is 0.235. The van der Waals surface area contributed by atoms with Crippen molar-refractivity contribution in [3.05, 3.63) is 56.7 Å². The van der Waals surface area contributed by atoms with E-state index in [2.05, 4.69) is 27.3 Å². The number of rotatable bonds is 5. The summed E-state index contributed by atoms with van der Waals surface area (Å²) in [5.41, 5.74) is 2.47. The molecule has 0 aliphatic carbocycles. The summed E-state index contributed by atoms with van der Waals surface area (Å²) in [6.07, 6.45) is 0. The molecule has 4 nitrogen and oxygen atoms in total. The highest BCUT2D eigenvalue weighted by atomic mass is 127. The first-order valence-corrected chi connectivity index (χ1v) is 9.43. The third-order valence-electron chi connectivity index (χ3n) is 3.77. The Balaban J connectivity index is 1.74. The van der Waals surface area contributed by atoms with Crippen molar-refractivity contribution in [3.8, 4) is 11.5 Å². The molecule has 0 aromatic heterocycles. The molecule has 2 aromatic carbocycles. The van der Waals surface area contributed by atoms with Crippen molar-refractivity contribution in [1.29, 1.82) is 0 Å². The Hall–Kier alpha value is -1.17. The van der Waals surface area contributed by atoms with Crippen LogP contribution in [0.25, 0.3) is 0 Å². The summed E-state index contributed by atoms with van der Waals surface area (Å²) in [6.45, 7) is 0.887. The van der Waals surface area contributed by atoms with E-state index in [9.17, 15) is 13.6 Å². The largest absolute Gasteiger partial charge is 0.497 e.